The van der Waals surface area contributed by atoms with Crippen LogP contribution in [-0.4, -0.2) is 36.2 Å². The van der Waals surface area contributed by atoms with Gasteiger partial charge in [-0.2, -0.15) is 0 Å². The SMILES string of the molecule is COC(=O)[C@H](C)NC(=O)[C@@H](N=C=S)C(C)C. The molecule has 0 rings (SSSR count). The van der Waals surface area contributed by atoms with Crippen LogP contribution in [0.5, 0.6) is 0 Å². The summed E-state index contributed by atoms with van der Waals surface area (Å²) in [6.07, 6.45) is 0. The Morgan fingerprint density at radius 3 is 2.31 bits per heavy atom. The Hall–Kier alpha value is -1.26. The summed E-state index contributed by atoms with van der Waals surface area (Å²) >= 11 is 4.47. The molecule has 0 bridgehead atoms. The Kier molecular flexibility index (Phi) is 6.53. The molecule has 0 aromatic carbocycles. The lowest BCUT2D eigenvalue weighted by atomic mass is 10.0. The first-order valence-electron chi connectivity index (χ1n) is 4.89. The molecule has 1 amide bonds. The van der Waals surface area contributed by atoms with Crippen molar-refractivity contribution >= 4 is 29.3 Å². The first-order valence-corrected chi connectivity index (χ1v) is 5.30. The molecular formula is C10H16N2O3S. The summed E-state index contributed by atoms with van der Waals surface area (Å²) in [4.78, 5) is 26.6. The van der Waals surface area contributed by atoms with Crippen LogP contribution in [0.25, 0.3) is 0 Å². The largest absolute Gasteiger partial charge is 0.467 e. The highest BCUT2D eigenvalue weighted by atomic mass is 32.1. The monoisotopic (exact) mass is 244 g/mol. The minimum absolute atomic E-state index is 0.0136. The first kappa shape index (κ1) is 14.7. The van der Waals surface area contributed by atoms with Crippen molar-refractivity contribution in [1.29, 1.82) is 0 Å². The number of hydrogen-bond donors (Lipinski definition) is 1. The summed E-state index contributed by atoms with van der Waals surface area (Å²) < 4.78 is 4.49. The first-order chi connectivity index (χ1) is 7.43. The second-order valence-corrected chi connectivity index (χ2v) is 3.85. The molecule has 0 saturated heterocycles. The van der Waals surface area contributed by atoms with Gasteiger partial charge in [-0.3, -0.25) is 4.79 Å². The maximum Gasteiger partial charge on any atom is 0.328 e. The van der Waals surface area contributed by atoms with Crippen molar-refractivity contribution in [3.8, 4) is 0 Å². The van der Waals surface area contributed by atoms with Gasteiger partial charge >= 0.3 is 5.97 Å². The number of nitrogens with zero attached hydrogens (tertiary/aromatic N) is 1. The number of isothiocyanates is 1. The van der Waals surface area contributed by atoms with Crippen LogP contribution in [-0.2, 0) is 14.3 Å². The van der Waals surface area contributed by atoms with Crippen molar-refractivity contribution < 1.29 is 14.3 Å². The van der Waals surface area contributed by atoms with Gasteiger partial charge in [-0.15, -0.1) is 0 Å². The fourth-order valence-electron chi connectivity index (χ4n) is 1.10. The molecule has 0 aliphatic rings. The van der Waals surface area contributed by atoms with Crippen molar-refractivity contribution in [2.24, 2.45) is 10.9 Å². The minimum atomic E-state index is -0.695. The lowest BCUT2D eigenvalue weighted by Gasteiger charge is -2.17. The molecule has 6 heteroatoms. The van der Waals surface area contributed by atoms with Gasteiger partial charge in [0.15, 0.2) is 0 Å². The minimum Gasteiger partial charge on any atom is -0.467 e. The summed E-state index contributed by atoms with van der Waals surface area (Å²) in [7, 11) is 1.26. The van der Waals surface area contributed by atoms with Gasteiger partial charge in [0.1, 0.15) is 12.1 Å². The molecule has 5 nitrogen and oxygen atoms in total. The van der Waals surface area contributed by atoms with Crippen LogP contribution >= 0.6 is 12.2 Å². The van der Waals surface area contributed by atoms with Gasteiger partial charge < -0.3 is 10.1 Å². The highest BCUT2D eigenvalue weighted by Crippen LogP contribution is 2.06. The number of ether oxygens (including phenoxy) is 1. The number of aliphatic imine (C=N–C) groups is 1. The molecule has 2 atom stereocenters. The van der Waals surface area contributed by atoms with Gasteiger partial charge in [0.2, 0.25) is 5.91 Å². The number of thiocarbonyl (C=S) groups is 1. The fourth-order valence-corrected chi connectivity index (χ4v) is 1.22. The summed E-state index contributed by atoms with van der Waals surface area (Å²) in [5, 5.41) is 4.68. The molecule has 90 valence electrons. The quantitative estimate of drug-likeness (QED) is 0.441. The van der Waals surface area contributed by atoms with Gasteiger partial charge in [-0.1, -0.05) is 13.8 Å². The van der Waals surface area contributed by atoms with Crippen LogP contribution in [0, 0.1) is 5.92 Å². The fraction of sp³-hybridized carbons (Fsp3) is 0.700. The molecule has 0 radical (unpaired) electrons. The molecule has 0 aromatic rings. The van der Waals surface area contributed by atoms with E-state index in [0.717, 1.165) is 0 Å². The zero-order chi connectivity index (χ0) is 12.7. The van der Waals surface area contributed by atoms with Crippen LogP contribution in [0.1, 0.15) is 20.8 Å². The number of hydrogen-bond acceptors (Lipinski definition) is 5. The highest BCUT2D eigenvalue weighted by molar-refractivity contribution is 7.78. The third-order valence-electron chi connectivity index (χ3n) is 2.01. The number of methoxy groups -OCH3 is 1. The smallest absolute Gasteiger partial charge is 0.328 e. The zero-order valence-corrected chi connectivity index (χ0v) is 10.6. The van der Waals surface area contributed by atoms with Gasteiger partial charge in [0, 0.05) is 0 Å². The van der Waals surface area contributed by atoms with E-state index in [1.807, 2.05) is 13.8 Å². The number of carbonyl (C=O) groups excluding carboxylic acids is 2. The number of nitrogens with one attached hydrogen (secondary N) is 1. The van der Waals surface area contributed by atoms with E-state index in [-0.39, 0.29) is 11.8 Å². The van der Waals surface area contributed by atoms with Crippen LogP contribution in [0.2, 0.25) is 0 Å². The van der Waals surface area contributed by atoms with E-state index in [1.54, 1.807) is 6.92 Å². The van der Waals surface area contributed by atoms with Gasteiger partial charge in [0.25, 0.3) is 0 Å². The van der Waals surface area contributed by atoms with Crippen LogP contribution in [0.3, 0.4) is 0 Å². The molecule has 0 aliphatic carbocycles. The average Bonchev–Trinajstić information content (AvgIpc) is 2.23. The Labute approximate surface area is 100 Å². The zero-order valence-electron chi connectivity index (χ0n) is 9.81. The predicted molar refractivity (Wildman–Crippen MR) is 63.3 cm³/mol. The molecule has 0 spiro atoms. The number of carbonyl (C=O) groups is 2. The second-order valence-electron chi connectivity index (χ2n) is 3.66. The van der Waals surface area contributed by atoms with E-state index in [1.165, 1.54) is 7.11 Å². The van der Waals surface area contributed by atoms with E-state index in [2.05, 4.69) is 32.4 Å². The van der Waals surface area contributed by atoms with Crippen molar-refractivity contribution in [1.82, 2.24) is 5.32 Å². The maximum atomic E-state index is 11.7. The van der Waals surface area contributed by atoms with Gasteiger partial charge in [-0.25, -0.2) is 9.79 Å². The van der Waals surface area contributed by atoms with Crippen molar-refractivity contribution in [3.05, 3.63) is 0 Å². The van der Waals surface area contributed by atoms with Crippen LogP contribution in [0.4, 0.5) is 0 Å². The van der Waals surface area contributed by atoms with E-state index in [9.17, 15) is 9.59 Å². The average molecular weight is 244 g/mol. The Bertz CT molecular complexity index is 311. The molecule has 0 unspecified atom stereocenters. The van der Waals surface area contributed by atoms with Gasteiger partial charge in [-0.05, 0) is 25.1 Å². The Balaban J connectivity index is 4.53. The molecule has 0 aromatic heterocycles. The third-order valence-corrected chi connectivity index (χ3v) is 2.11. The number of esters is 1. The second kappa shape index (κ2) is 7.09. The van der Waals surface area contributed by atoms with Crippen molar-refractivity contribution in [2.75, 3.05) is 7.11 Å². The van der Waals surface area contributed by atoms with Crippen LogP contribution < -0.4 is 5.32 Å². The molecule has 0 aliphatic heterocycles. The molecular weight excluding hydrogens is 228 g/mol. The molecule has 1 N–H and O–H groups in total. The van der Waals surface area contributed by atoms with Crippen molar-refractivity contribution in [2.45, 2.75) is 32.9 Å². The molecule has 0 fully saturated rings. The van der Waals surface area contributed by atoms with E-state index in [0.29, 0.717) is 0 Å². The van der Waals surface area contributed by atoms with Gasteiger partial charge in [0.05, 0.1) is 12.3 Å². The number of rotatable bonds is 5. The summed E-state index contributed by atoms with van der Waals surface area (Å²) in [6.45, 7) is 5.22. The third kappa shape index (κ3) is 4.51. The van der Waals surface area contributed by atoms with E-state index < -0.39 is 18.1 Å². The summed E-state index contributed by atoms with van der Waals surface area (Å²) in [5.74, 6) is -0.868. The lowest BCUT2D eigenvalue weighted by molar-refractivity contribution is -0.144. The Morgan fingerprint density at radius 2 is 1.94 bits per heavy atom. The number of amides is 1. The van der Waals surface area contributed by atoms with Crippen LogP contribution in [0.15, 0.2) is 4.99 Å². The maximum absolute atomic E-state index is 11.7. The molecule has 16 heavy (non-hydrogen) atoms. The van der Waals surface area contributed by atoms with E-state index >= 15 is 0 Å². The van der Waals surface area contributed by atoms with E-state index in [4.69, 9.17) is 0 Å². The summed E-state index contributed by atoms with van der Waals surface area (Å²) in [6, 6.07) is -1.32. The Morgan fingerprint density at radius 1 is 1.38 bits per heavy atom. The molecule has 0 heterocycles. The topological polar surface area (TPSA) is 67.8 Å². The normalized spacial score (nSPS) is 13.6. The predicted octanol–water partition coefficient (Wildman–Crippen LogP) is 0.791. The van der Waals surface area contributed by atoms with Crippen molar-refractivity contribution in [3.63, 3.8) is 0 Å². The summed E-state index contributed by atoms with van der Waals surface area (Å²) in [5.41, 5.74) is 0. The standard InChI is InChI=1S/C10H16N2O3S/c1-6(2)8(11-5-16)9(13)12-7(3)10(14)15-4/h6-8H,1-4H3,(H,12,13)/t7-,8-/m0/s1. The molecule has 0 saturated carbocycles. The lowest BCUT2D eigenvalue weighted by Crippen LogP contribution is -2.45. The highest BCUT2D eigenvalue weighted by Gasteiger charge is 2.24.